The lowest BCUT2D eigenvalue weighted by atomic mass is 10.3. The van der Waals surface area contributed by atoms with E-state index in [2.05, 4.69) is 20.3 Å². The fourth-order valence-electron chi connectivity index (χ4n) is 2.43. The molecule has 7 heteroatoms. The number of pyridine rings is 1. The molecule has 2 heterocycles. The lowest BCUT2D eigenvalue weighted by molar-refractivity contribution is 0.101. The number of benzene rings is 2. The van der Waals surface area contributed by atoms with Crippen LogP contribution in [0, 0.1) is 0 Å². The number of hydrogen-bond donors (Lipinski definition) is 2. The van der Waals surface area contributed by atoms with Crippen molar-refractivity contribution in [2.45, 2.75) is 0 Å². The number of aromatic nitrogens is 3. The predicted octanol–water partition coefficient (Wildman–Crippen LogP) is 4.66. The van der Waals surface area contributed by atoms with E-state index in [1.807, 2.05) is 0 Å². The molecule has 0 fully saturated rings. The standard InChI is InChI=1S/C19H13ClN4O2/c20-12-1-6-16-17(11-12)24-18(23-16)19(25)22-13-2-4-14(5-3-13)26-15-7-9-21-10-8-15/h1-11H,(H,22,25)(H,23,24). The maximum absolute atomic E-state index is 12.4. The molecule has 2 N–H and O–H groups in total. The van der Waals surface area contributed by atoms with Crippen molar-refractivity contribution in [3.63, 3.8) is 0 Å². The van der Waals surface area contributed by atoms with E-state index in [0.29, 0.717) is 33.2 Å². The third kappa shape index (κ3) is 3.50. The van der Waals surface area contributed by atoms with Crippen LogP contribution in [0.25, 0.3) is 11.0 Å². The average Bonchev–Trinajstić information content (AvgIpc) is 3.07. The van der Waals surface area contributed by atoms with Crippen molar-refractivity contribution in [3.05, 3.63) is 77.8 Å². The molecule has 2 aromatic carbocycles. The number of ether oxygens (including phenoxy) is 1. The van der Waals surface area contributed by atoms with Gasteiger partial charge in [-0.15, -0.1) is 0 Å². The molecule has 1 amide bonds. The minimum absolute atomic E-state index is 0.222. The lowest BCUT2D eigenvalue weighted by Crippen LogP contribution is -2.13. The molecular weight excluding hydrogens is 352 g/mol. The number of hydrogen-bond acceptors (Lipinski definition) is 4. The summed E-state index contributed by atoms with van der Waals surface area (Å²) in [7, 11) is 0. The van der Waals surface area contributed by atoms with Crippen molar-refractivity contribution >= 4 is 34.2 Å². The van der Waals surface area contributed by atoms with Crippen molar-refractivity contribution in [2.24, 2.45) is 0 Å². The second kappa shape index (κ2) is 6.85. The lowest BCUT2D eigenvalue weighted by Gasteiger charge is -2.07. The number of aromatic amines is 1. The minimum atomic E-state index is -0.333. The van der Waals surface area contributed by atoms with Crippen LogP contribution in [0.3, 0.4) is 0 Å². The maximum atomic E-state index is 12.4. The van der Waals surface area contributed by atoms with Crippen LogP contribution in [0.2, 0.25) is 5.02 Å². The van der Waals surface area contributed by atoms with Gasteiger partial charge in [-0.1, -0.05) is 11.6 Å². The smallest absolute Gasteiger partial charge is 0.291 e. The molecule has 128 valence electrons. The van der Waals surface area contributed by atoms with E-state index >= 15 is 0 Å². The number of carbonyl (C=O) groups excluding carboxylic acids is 1. The summed E-state index contributed by atoms with van der Waals surface area (Å²) in [5, 5.41) is 3.38. The Kier molecular flexibility index (Phi) is 4.25. The summed E-state index contributed by atoms with van der Waals surface area (Å²) in [5.41, 5.74) is 2.03. The zero-order chi connectivity index (χ0) is 17.9. The van der Waals surface area contributed by atoms with Crippen molar-refractivity contribution in [1.29, 1.82) is 0 Å². The molecular formula is C19H13ClN4O2. The third-order valence-corrected chi connectivity index (χ3v) is 3.89. The van der Waals surface area contributed by atoms with Crippen LogP contribution in [0.1, 0.15) is 10.6 Å². The summed E-state index contributed by atoms with van der Waals surface area (Å²) >= 11 is 5.95. The third-order valence-electron chi connectivity index (χ3n) is 3.66. The topological polar surface area (TPSA) is 79.9 Å². The van der Waals surface area contributed by atoms with Gasteiger partial charge >= 0.3 is 0 Å². The molecule has 0 aliphatic rings. The Morgan fingerprint density at radius 2 is 1.73 bits per heavy atom. The SMILES string of the molecule is O=C(Nc1ccc(Oc2ccncc2)cc1)c1nc2ccc(Cl)cc2[nH]1. The van der Waals surface area contributed by atoms with E-state index < -0.39 is 0 Å². The van der Waals surface area contributed by atoms with Crippen LogP contribution in [-0.2, 0) is 0 Å². The number of nitrogens with zero attached hydrogens (tertiary/aromatic N) is 2. The summed E-state index contributed by atoms with van der Waals surface area (Å²) in [6.45, 7) is 0. The Morgan fingerprint density at radius 3 is 2.50 bits per heavy atom. The summed E-state index contributed by atoms with van der Waals surface area (Å²) in [6, 6.07) is 15.8. The van der Waals surface area contributed by atoms with Crippen molar-refractivity contribution < 1.29 is 9.53 Å². The highest BCUT2D eigenvalue weighted by Crippen LogP contribution is 2.23. The quantitative estimate of drug-likeness (QED) is 0.552. The van der Waals surface area contributed by atoms with E-state index in [0.717, 1.165) is 0 Å². The first-order chi connectivity index (χ1) is 12.7. The van der Waals surface area contributed by atoms with Crippen LogP contribution in [0.5, 0.6) is 11.5 Å². The van der Waals surface area contributed by atoms with Gasteiger partial charge in [-0.2, -0.15) is 0 Å². The molecule has 4 rings (SSSR count). The summed E-state index contributed by atoms with van der Waals surface area (Å²) < 4.78 is 5.69. The van der Waals surface area contributed by atoms with E-state index in [1.165, 1.54) is 0 Å². The molecule has 4 aromatic rings. The number of nitrogens with one attached hydrogen (secondary N) is 2. The number of rotatable bonds is 4. The van der Waals surface area contributed by atoms with Gasteiger partial charge in [0.25, 0.3) is 5.91 Å². The van der Waals surface area contributed by atoms with E-state index in [-0.39, 0.29) is 11.7 Å². The second-order valence-electron chi connectivity index (χ2n) is 5.51. The summed E-state index contributed by atoms with van der Waals surface area (Å²) in [4.78, 5) is 23.5. The largest absolute Gasteiger partial charge is 0.457 e. The fraction of sp³-hybridized carbons (Fsp3) is 0. The highest BCUT2D eigenvalue weighted by molar-refractivity contribution is 6.31. The number of anilines is 1. The zero-order valence-electron chi connectivity index (χ0n) is 13.4. The maximum Gasteiger partial charge on any atom is 0.291 e. The van der Waals surface area contributed by atoms with E-state index in [4.69, 9.17) is 16.3 Å². The Morgan fingerprint density at radius 1 is 1.00 bits per heavy atom. The van der Waals surface area contributed by atoms with Gasteiger partial charge in [-0.05, 0) is 54.6 Å². The molecule has 6 nitrogen and oxygen atoms in total. The molecule has 0 bridgehead atoms. The van der Waals surface area contributed by atoms with Gasteiger partial charge in [0.05, 0.1) is 11.0 Å². The highest BCUT2D eigenvalue weighted by atomic mass is 35.5. The first-order valence-electron chi connectivity index (χ1n) is 7.82. The Bertz CT molecular complexity index is 1060. The van der Waals surface area contributed by atoms with Crippen molar-refractivity contribution in [3.8, 4) is 11.5 Å². The van der Waals surface area contributed by atoms with Crippen LogP contribution in [-0.4, -0.2) is 20.9 Å². The molecule has 0 aliphatic carbocycles. The minimum Gasteiger partial charge on any atom is -0.457 e. The van der Waals surface area contributed by atoms with Crippen LogP contribution in [0.4, 0.5) is 5.69 Å². The zero-order valence-corrected chi connectivity index (χ0v) is 14.2. The Balaban J connectivity index is 1.46. The molecule has 0 atom stereocenters. The number of fused-ring (bicyclic) bond motifs is 1. The Hall–Kier alpha value is -3.38. The summed E-state index contributed by atoms with van der Waals surface area (Å²) in [6.07, 6.45) is 3.31. The van der Waals surface area contributed by atoms with Gasteiger partial charge in [0.15, 0.2) is 5.82 Å². The average molecular weight is 365 g/mol. The number of halogens is 1. The van der Waals surface area contributed by atoms with Gasteiger partial charge < -0.3 is 15.0 Å². The van der Waals surface area contributed by atoms with Gasteiger partial charge in [-0.3, -0.25) is 9.78 Å². The number of carbonyl (C=O) groups is 1. The predicted molar refractivity (Wildman–Crippen MR) is 99.8 cm³/mol. The molecule has 0 saturated heterocycles. The number of amides is 1. The first-order valence-corrected chi connectivity index (χ1v) is 8.20. The first kappa shape index (κ1) is 16.1. The molecule has 0 saturated carbocycles. The van der Waals surface area contributed by atoms with Gasteiger partial charge in [0.1, 0.15) is 11.5 Å². The normalized spacial score (nSPS) is 10.7. The van der Waals surface area contributed by atoms with Gasteiger partial charge in [0, 0.05) is 23.1 Å². The van der Waals surface area contributed by atoms with Crippen molar-refractivity contribution in [2.75, 3.05) is 5.32 Å². The van der Waals surface area contributed by atoms with Gasteiger partial charge in [0.2, 0.25) is 0 Å². The van der Waals surface area contributed by atoms with Crippen LogP contribution in [0.15, 0.2) is 67.0 Å². The second-order valence-corrected chi connectivity index (χ2v) is 5.95. The highest BCUT2D eigenvalue weighted by Gasteiger charge is 2.12. The summed E-state index contributed by atoms with van der Waals surface area (Å²) in [5.74, 6) is 1.24. The molecule has 0 aliphatic heterocycles. The van der Waals surface area contributed by atoms with Gasteiger partial charge in [-0.25, -0.2) is 4.98 Å². The molecule has 0 unspecified atom stereocenters. The van der Waals surface area contributed by atoms with Crippen LogP contribution < -0.4 is 10.1 Å². The van der Waals surface area contributed by atoms with E-state index in [1.54, 1.807) is 67.0 Å². The number of imidazole rings is 1. The molecule has 2 aromatic heterocycles. The molecule has 0 radical (unpaired) electrons. The Labute approximate surface area is 153 Å². The fourth-order valence-corrected chi connectivity index (χ4v) is 2.60. The van der Waals surface area contributed by atoms with Crippen LogP contribution >= 0.6 is 11.6 Å². The molecule has 0 spiro atoms. The molecule has 26 heavy (non-hydrogen) atoms. The monoisotopic (exact) mass is 364 g/mol. The van der Waals surface area contributed by atoms with Crippen molar-refractivity contribution in [1.82, 2.24) is 15.0 Å². The number of H-pyrrole nitrogens is 1. The van der Waals surface area contributed by atoms with E-state index in [9.17, 15) is 4.79 Å².